The van der Waals surface area contributed by atoms with Crippen molar-refractivity contribution < 1.29 is 14.3 Å². The summed E-state index contributed by atoms with van der Waals surface area (Å²) >= 11 is 0. The van der Waals surface area contributed by atoms with Crippen molar-refractivity contribution in [2.75, 3.05) is 19.0 Å². The molecule has 0 spiro atoms. The number of benzene rings is 2. The second-order valence-corrected chi connectivity index (χ2v) is 6.29. The first-order valence-electron chi connectivity index (χ1n) is 8.63. The van der Waals surface area contributed by atoms with E-state index in [0.29, 0.717) is 23.1 Å². The highest BCUT2D eigenvalue weighted by Crippen LogP contribution is 2.28. The molecule has 7 nitrogen and oxygen atoms in total. The van der Waals surface area contributed by atoms with Gasteiger partial charge < -0.3 is 14.8 Å². The Labute approximate surface area is 158 Å². The molecule has 0 radical (unpaired) electrons. The summed E-state index contributed by atoms with van der Waals surface area (Å²) in [4.78, 5) is 12.3. The number of amides is 1. The summed E-state index contributed by atoms with van der Waals surface area (Å²) in [6.45, 7) is 4.10. The second-order valence-electron chi connectivity index (χ2n) is 6.29. The lowest BCUT2D eigenvalue weighted by Crippen LogP contribution is -2.21. The molecule has 1 amide bonds. The van der Waals surface area contributed by atoms with Crippen LogP contribution in [0.4, 0.5) is 5.69 Å². The van der Waals surface area contributed by atoms with Crippen molar-refractivity contribution in [2.45, 2.75) is 19.8 Å². The minimum absolute atomic E-state index is 0.131. The van der Waals surface area contributed by atoms with E-state index in [2.05, 4.69) is 29.4 Å². The molecule has 1 aromatic heterocycles. The van der Waals surface area contributed by atoms with Gasteiger partial charge in [-0.15, -0.1) is 10.2 Å². The topological polar surface area (TPSA) is 78.3 Å². The number of ether oxygens (including phenoxy) is 2. The number of carbonyl (C=O) groups is 1. The van der Waals surface area contributed by atoms with Crippen molar-refractivity contribution in [2.24, 2.45) is 0 Å². The van der Waals surface area contributed by atoms with Gasteiger partial charge in [-0.1, -0.05) is 32.0 Å². The maximum atomic E-state index is 12.3. The van der Waals surface area contributed by atoms with Crippen molar-refractivity contribution >= 4 is 11.6 Å². The molecule has 3 rings (SSSR count). The van der Waals surface area contributed by atoms with E-state index in [4.69, 9.17) is 9.47 Å². The first kappa shape index (κ1) is 18.4. The van der Waals surface area contributed by atoms with Gasteiger partial charge >= 0.3 is 0 Å². The summed E-state index contributed by atoms with van der Waals surface area (Å²) in [5.74, 6) is 1.26. The van der Waals surface area contributed by atoms with Crippen LogP contribution in [-0.2, 0) is 4.79 Å². The normalized spacial score (nSPS) is 10.7. The summed E-state index contributed by atoms with van der Waals surface area (Å²) in [7, 11) is 1.56. The molecule has 0 saturated carbocycles. The van der Waals surface area contributed by atoms with Gasteiger partial charge in [-0.3, -0.25) is 9.36 Å². The van der Waals surface area contributed by atoms with Gasteiger partial charge in [0.15, 0.2) is 6.61 Å². The van der Waals surface area contributed by atoms with E-state index in [9.17, 15) is 4.79 Å². The Morgan fingerprint density at radius 2 is 1.85 bits per heavy atom. The summed E-state index contributed by atoms with van der Waals surface area (Å²) in [5.41, 5.74) is 2.55. The molecule has 7 heteroatoms. The molecule has 27 heavy (non-hydrogen) atoms. The minimum Gasteiger partial charge on any atom is -0.495 e. The quantitative estimate of drug-likeness (QED) is 0.693. The summed E-state index contributed by atoms with van der Waals surface area (Å²) in [6.07, 6.45) is 3.20. The van der Waals surface area contributed by atoms with Crippen LogP contribution < -0.4 is 14.8 Å². The first-order valence-corrected chi connectivity index (χ1v) is 8.63. The molecule has 0 unspecified atom stereocenters. The number of nitrogens with zero attached hydrogens (tertiary/aromatic N) is 3. The summed E-state index contributed by atoms with van der Waals surface area (Å²) in [5, 5.41) is 10.5. The Morgan fingerprint density at radius 1 is 1.11 bits per heavy atom. The Morgan fingerprint density at radius 3 is 2.56 bits per heavy atom. The van der Waals surface area contributed by atoms with Gasteiger partial charge in [0, 0.05) is 0 Å². The zero-order chi connectivity index (χ0) is 19.2. The monoisotopic (exact) mass is 366 g/mol. The van der Waals surface area contributed by atoms with E-state index in [1.54, 1.807) is 36.5 Å². The number of rotatable bonds is 7. The largest absolute Gasteiger partial charge is 0.495 e. The van der Waals surface area contributed by atoms with Crippen molar-refractivity contribution in [3.8, 4) is 17.2 Å². The van der Waals surface area contributed by atoms with Crippen LogP contribution in [0.5, 0.6) is 11.5 Å². The van der Waals surface area contributed by atoms with Crippen LogP contribution in [0.25, 0.3) is 5.69 Å². The minimum atomic E-state index is -0.276. The van der Waals surface area contributed by atoms with E-state index >= 15 is 0 Å². The Balaban J connectivity index is 1.74. The van der Waals surface area contributed by atoms with Crippen LogP contribution in [0, 0.1) is 0 Å². The third kappa shape index (κ3) is 4.44. The molecular weight excluding hydrogens is 344 g/mol. The number of carbonyl (C=O) groups excluding carboxylic acids is 1. The van der Waals surface area contributed by atoms with Crippen LogP contribution in [0.3, 0.4) is 0 Å². The summed E-state index contributed by atoms with van der Waals surface area (Å²) < 4.78 is 12.8. The van der Waals surface area contributed by atoms with E-state index in [0.717, 1.165) is 11.3 Å². The highest BCUT2D eigenvalue weighted by molar-refractivity contribution is 5.93. The molecule has 0 aliphatic carbocycles. The van der Waals surface area contributed by atoms with Crippen LogP contribution in [0.2, 0.25) is 0 Å². The fraction of sp³-hybridized carbons (Fsp3) is 0.250. The fourth-order valence-corrected chi connectivity index (χ4v) is 2.62. The lowest BCUT2D eigenvalue weighted by molar-refractivity contribution is -0.118. The molecule has 3 aromatic rings. The molecular formula is C20H22N4O3. The maximum Gasteiger partial charge on any atom is 0.262 e. The number of methoxy groups -OCH3 is 1. The fourth-order valence-electron chi connectivity index (χ4n) is 2.62. The van der Waals surface area contributed by atoms with E-state index < -0.39 is 0 Å². The molecule has 0 bridgehead atoms. The average molecular weight is 366 g/mol. The van der Waals surface area contributed by atoms with Gasteiger partial charge in [-0.25, -0.2) is 0 Å². The van der Waals surface area contributed by atoms with Crippen LogP contribution in [0.1, 0.15) is 25.3 Å². The van der Waals surface area contributed by atoms with Gasteiger partial charge in [0.25, 0.3) is 5.91 Å². The van der Waals surface area contributed by atoms with E-state index in [1.807, 2.05) is 30.3 Å². The molecule has 0 saturated heterocycles. The first-order chi connectivity index (χ1) is 13.1. The summed E-state index contributed by atoms with van der Waals surface area (Å²) in [6, 6.07) is 13.1. The smallest absolute Gasteiger partial charge is 0.262 e. The predicted octanol–water partition coefficient (Wildman–Crippen LogP) is 3.42. The van der Waals surface area contributed by atoms with Crippen molar-refractivity contribution in [3.05, 3.63) is 60.7 Å². The molecule has 0 aliphatic heterocycles. The Bertz CT molecular complexity index is 907. The molecule has 1 heterocycles. The Kier molecular flexibility index (Phi) is 5.71. The highest BCUT2D eigenvalue weighted by Gasteiger charge is 2.12. The van der Waals surface area contributed by atoms with Crippen LogP contribution in [0.15, 0.2) is 55.1 Å². The lowest BCUT2D eigenvalue weighted by Gasteiger charge is -2.15. The zero-order valence-electron chi connectivity index (χ0n) is 15.5. The number of nitrogens with one attached hydrogen (secondary N) is 1. The van der Waals surface area contributed by atoms with Gasteiger partial charge in [0.05, 0.1) is 18.5 Å². The van der Waals surface area contributed by atoms with Crippen molar-refractivity contribution in [1.29, 1.82) is 0 Å². The third-order valence-corrected chi connectivity index (χ3v) is 4.09. The van der Waals surface area contributed by atoms with Crippen LogP contribution in [-0.4, -0.2) is 34.4 Å². The highest BCUT2D eigenvalue weighted by atomic mass is 16.5. The predicted molar refractivity (Wildman–Crippen MR) is 103 cm³/mol. The molecule has 2 aromatic carbocycles. The maximum absolute atomic E-state index is 12.3. The van der Waals surface area contributed by atoms with Gasteiger partial charge in [0.1, 0.15) is 24.2 Å². The van der Waals surface area contributed by atoms with Crippen molar-refractivity contribution in [3.63, 3.8) is 0 Å². The second kappa shape index (κ2) is 8.35. The zero-order valence-corrected chi connectivity index (χ0v) is 15.5. The van der Waals surface area contributed by atoms with Crippen LogP contribution >= 0.6 is 0 Å². The lowest BCUT2D eigenvalue weighted by atomic mass is 10.0. The SMILES string of the molecule is COc1ccccc1NC(=O)COc1ccc(C(C)C)cc1-n1cnnc1. The number of hydrogen-bond acceptors (Lipinski definition) is 5. The number of hydrogen-bond donors (Lipinski definition) is 1. The number of aromatic nitrogens is 3. The van der Waals surface area contributed by atoms with Gasteiger partial charge in [0.2, 0.25) is 0 Å². The average Bonchev–Trinajstić information content (AvgIpc) is 3.21. The molecule has 0 atom stereocenters. The molecule has 140 valence electrons. The Hall–Kier alpha value is -3.35. The number of anilines is 1. The third-order valence-electron chi connectivity index (χ3n) is 4.09. The van der Waals surface area contributed by atoms with Gasteiger partial charge in [-0.05, 0) is 35.7 Å². The molecule has 0 fully saturated rings. The van der Waals surface area contributed by atoms with Gasteiger partial charge in [-0.2, -0.15) is 0 Å². The van der Waals surface area contributed by atoms with E-state index in [-0.39, 0.29) is 12.5 Å². The molecule has 0 aliphatic rings. The molecule has 1 N–H and O–H groups in total. The number of para-hydroxylation sites is 2. The van der Waals surface area contributed by atoms with E-state index in [1.165, 1.54) is 0 Å². The van der Waals surface area contributed by atoms with Crippen molar-refractivity contribution in [1.82, 2.24) is 14.8 Å². The standard InChI is InChI=1S/C20H22N4O3/c1-14(2)15-8-9-19(17(10-15)24-12-21-22-13-24)27-11-20(25)23-16-6-4-5-7-18(16)26-3/h4-10,12-14H,11H2,1-3H3,(H,23,25).